The van der Waals surface area contributed by atoms with Crippen molar-refractivity contribution < 1.29 is 23.7 Å². The molecule has 0 radical (unpaired) electrons. The molecule has 198 valence electrons. The largest absolute Gasteiger partial charge is 0.493 e. The van der Waals surface area contributed by atoms with E-state index in [-0.39, 0.29) is 12.2 Å². The number of ether oxygens (including phenoxy) is 4. The van der Waals surface area contributed by atoms with E-state index in [4.69, 9.17) is 18.9 Å². The van der Waals surface area contributed by atoms with E-state index in [2.05, 4.69) is 27.5 Å². The lowest BCUT2D eigenvalue weighted by Crippen LogP contribution is -2.39. The van der Waals surface area contributed by atoms with Gasteiger partial charge in [-0.3, -0.25) is 9.36 Å². The summed E-state index contributed by atoms with van der Waals surface area (Å²) in [5.41, 5.74) is 2.02. The van der Waals surface area contributed by atoms with Crippen molar-refractivity contribution in [1.82, 2.24) is 4.57 Å². The van der Waals surface area contributed by atoms with Crippen molar-refractivity contribution >= 4 is 39.3 Å². The third kappa shape index (κ3) is 5.32. The number of carbonyl (C=O) groups is 1. The lowest BCUT2D eigenvalue weighted by Gasteiger charge is -2.24. The number of hydrogen-bond acceptors (Lipinski definition) is 8. The smallest absolute Gasteiger partial charge is 0.338 e. The van der Waals surface area contributed by atoms with E-state index in [9.17, 15) is 9.59 Å². The molecule has 1 aliphatic heterocycles. The number of hydrogen-bond donors (Lipinski definition) is 0. The molecule has 0 saturated heterocycles. The van der Waals surface area contributed by atoms with Gasteiger partial charge in [-0.25, -0.2) is 9.79 Å². The van der Waals surface area contributed by atoms with Gasteiger partial charge in [0.2, 0.25) is 0 Å². The number of fused-ring (bicyclic) bond motifs is 1. The highest BCUT2D eigenvalue weighted by atomic mass is 79.9. The SMILES string of the molecule is C=CCOc1ccc([C@H]2C(C(=O)OCC)=C(C)N=c3s/c(=C\c4cc(Br)c(OC)c(OC)c4)c(=O)n32)cc1. The van der Waals surface area contributed by atoms with Gasteiger partial charge in [-0.1, -0.05) is 36.1 Å². The molecule has 1 atom stereocenters. The Morgan fingerprint density at radius 3 is 2.58 bits per heavy atom. The maximum Gasteiger partial charge on any atom is 0.338 e. The van der Waals surface area contributed by atoms with E-state index >= 15 is 0 Å². The number of halogens is 1. The lowest BCUT2D eigenvalue weighted by atomic mass is 9.96. The average Bonchev–Trinajstić information content (AvgIpc) is 3.20. The highest BCUT2D eigenvalue weighted by Gasteiger charge is 2.33. The van der Waals surface area contributed by atoms with Gasteiger partial charge < -0.3 is 18.9 Å². The Morgan fingerprint density at radius 2 is 1.95 bits per heavy atom. The van der Waals surface area contributed by atoms with Gasteiger partial charge in [-0.2, -0.15) is 0 Å². The van der Waals surface area contributed by atoms with Crippen LogP contribution in [-0.4, -0.2) is 38.0 Å². The fourth-order valence-electron chi connectivity index (χ4n) is 4.18. The van der Waals surface area contributed by atoms with E-state index in [0.29, 0.717) is 48.9 Å². The van der Waals surface area contributed by atoms with Crippen LogP contribution in [0, 0.1) is 0 Å². The third-order valence-electron chi connectivity index (χ3n) is 5.83. The number of esters is 1. The van der Waals surface area contributed by atoms with Crippen molar-refractivity contribution in [3.63, 3.8) is 0 Å². The molecule has 3 aromatic rings. The molecule has 38 heavy (non-hydrogen) atoms. The highest BCUT2D eigenvalue weighted by Crippen LogP contribution is 2.36. The normalized spacial score (nSPS) is 15.0. The molecule has 0 spiro atoms. The number of methoxy groups -OCH3 is 2. The number of nitrogens with zero attached hydrogens (tertiary/aromatic N) is 2. The third-order valence-corrected chi connectivity index (χ3v) is 7.41. The molecule has 0 fully saturated rings. The Bertz CT molecular complexity index is 1590. The van der Waals surface area contributed by atoms with Gasteiger partial charge >= 0.3 is 5.97 Å². The average molecular weight is 600 g/mol. The predicted octanol–water partition coefficient (Wildman–Crippen LogP) is 4.14. The molecule has 2 heterocycles. The van der Waals surface area contributed by atoms with Crippen molar-refractivity contribution in [3.05, 3.63) is 95.6 Å². The van der Waals surface area contributed by atoms with Gasteiger partial charge in [-0.15, -0.1) is 0 Å². The molecule has 10 heteroatoms. The van der Waals surface area contributed by atoms with Gasteiger partial charge in [0.05, 0.1) is 47.1 Å². The van der Waals surface area contributed by atoms with Crippen LogP contribution in [0.1, 0.15) is 31.0 Å². The number of rotatable bonds is 9. The van der Waals surface area contributed by atoms with E-state index in [0.717, 1.165) is 11.1 Å². The maximum atomic E-state index is 13.8. The van der Waals surface area contributed by atoms with E-state index in [1.165, 1.54) is 11.3 Å². The van der Waals surface area contributed by atoms with Gasteiger partial charge in [0.25, 0.3) is 5.56 Å². The van der Waals surface area contributed by atoms with Gasteiger partial charge in [-0.05, 0) is 71.2 Å². The molecular weight excluding hydrogens is 572 g/mol. The Labute approximate surface area is 232 Å². The Hall–Kier alpha value is -3.63. The van der Waals surface area contributed by atoms with Crippen molar-refractivity contribution in [2.45, 2.75) is 19.9 Å². The van der Waals surface area contributed by atoms with Crippen LogP contribution in [0.4, 0.5) is 0 Å². The van der Waals surface area contributed by atoms with E-state index < -0.39 is 12.0 Å². The molecule has 0 saturated carbocycles. The number of thiazole rings is 1. The zero-order valence-corrected chi connectivity index (χ0v) is 23.9. The van der Waals surface area contributed by atoms with Crippen molar-refractivity contribution in [3.8, 4) is 17.2 Å². The van der Waals surface area contributed by atoms with Crippen molar-refractivity contribution in [1.29, 1.82) is 0 Å². The molecular formula is C28H27BrN2O6S. The first-order valence-electron chi connectivity index (χ1n) is 11.8. The van der Waals surface area contributed by atoms with Crippen LogP contribution in [0.15, 0.2) is 74.6 Å². The molecule has 0 bridgehead atoms. The van der Waals surface area contributed by atoms with Gasteiger partial charge in [0, 0.05) is 0 Å². The van der Waals surface area contributed by atoms with Crippen LogP contribution in [0.25, 0.3) is 6.08 Å². The first kappa shape index (κ1) is 27.4. The fraction of sp³-hybridized carbons (Fsp3) is 0.250. The lowest BCUT2D eigenvalue weighted by molar-refractivity contribution is -0.139. The minimum atomic E-state index is -0.710. The molecule has 0 N–H and O–H groups in total. The zero-order valence-electron chi connectivity index (χ0n) is 21.4. The molecule has 2 aromatic carbocycles. The summed E-state index contributed by atoms with van der Waals surface area (Å²) in [6.45, 7) is 7.73. The summed E-state index contributed by atoms with van der Waals surface area (Å²) in [6.07, 6.45) is 3.43. The Balaban J connectivity index is 1.89. The molecule has 8 nitrogen and oxygen atoms in total. The summed E-state index contributed by atoms with van der Waals surface area (Å²) >= 11 is 4.75. The topological polar surface area (TPSA) is 88.4 Å². The zero-order chi connectivity index (χ0) is 27.4. The van der Waals surface area contributed by atoms with Crippen molar-refractivity contribution in [2.75, 3.05) is 27.4 Å². The van der Waals surface area contributed by atoms with Crippen LogP contribution in [0.2, 0.25) is 0 Å². The van der Waals surface area contributed by atoms with Crippen LogP contribution in [-0.2, 0) is 9.53 Å². The monoisotopic (exact) mass is 598 g/mol. The first-order valence-corrected chi connectivity index (χ1v) is 13.4. The summed E-state index contributed by atoms with van der Waals surface area (Å²) in [5, 5.41) is 0. The van der Waals surface area contributed by atoms with E-state index in [1.807, 2.05) is 18.2 Å². The number of benzene rings is 2. The second-order valence-electron chi connectivity index (χ2n) is 8.21. The minimum Gasteiger partial charge on any atom is -0.493 e. The predicted molar refractivity (Wildman–Crippen MR) is 150 cm³/mol. The Morgan fingerprint density at radius 1 is 1.21 bits per heavy atom. The summed E-state index contributed by atoms with van der Waals surface area (Å²) in [6, 6.07) is 10.2. The molecule has 1 aliphatic rings. The molecule has 0 amide bonds. The molecule has 0 aliphatic carbocycles. The van der Waals surface area contributed by atoms with Crippen LogP contribution >= 0.6 is 27.3 Å². The van der Waals surface area contributed by atoms with Crippen LogP contribution in [0.5, 0.6) is 17.2 Å². The maximum absolute atomic E-state index is 13.8. The number of aromatic nitrogens is 1. The van der Waals surface area contributed by atoms with E-state index in [1.54, 1.807) is 63.0 Å². The van der Waals surface area contributed by atoms with Gasteiger partial charge in [0.1, 0.15) is 12.4 Å². The van der Waals surface area contributed by atoms with Crippen LogP contribution < -0.4 is 29.1 Å². The quantitative estimate of drug-likeness (QED) is 0.272. The first-order chi connectivity index (χ1) is 18.3. The highest BCUT2D eigenvalue weighted by molar-refractivity contribution is 9.10. The summed E-state index contributed by atoms with van der Waals surface area (Å²) in [4.78, 5) is 32.0. The summed E-state index contributed by atoms with van der Waals surface area (Å²) < 4.78 is 24.5. The summed E-state index contributed by atoms with van der Waals surface area (Å²) in [7, 11) is 3.11. The fourth-order valence-corrected chi connectivity index (χ4v) is 5.85. The standard InChI is InChI=1S/C28H27BrN2O6S/c1-6-12-37-19-10-8-18(9-11-19)24-23(27(33)36-7-2)16(3)30-28-31(24)26(32)22(38-28)15-17-13-20(29)25(35-5)21(14-17)34-4/h6,8-11,13-15,24H,1,7,12H2,2-5H3/b22-15-/t24-/m0/s1. The van der Waals surface area contributed by atoms with Gasteiger partial charge in [0.15, 0.2) is 16.3 Å². The van der Waals surface area contributed by atoms with Crippen molar-refractivity contribution in [2.24, 2.45) is 4.99 Å². The second kappa shape index (κ2) is 11.8. The minimum absolute atomic E-state index is 0.204. The second-order valence-corrected chi connectivity index (χ2v) is 10.1. The summed E-state index contributed by atoms with van der Waals surface area (Å²) in [5.74, 6) is 1.22. The Kier molecular flexibility index (Phi) is 8.53. The van der Waals surface area contributed by atoms with Crippen LogP contribution in [0.3, 0.4) is 0 Å². The molecule has 0 unspecified atom stereocenters. The molecule has 1 aromatic heterocycles. The molecule has 4 rings (SSSR count). The number of carbonyl (C=O) groups excluding carboxylic acids is 1. The number of allylic oxidation sites excluding steroid dienone is 1.